The number of hydrogen-bond donors (Lipinski definition) is 1. The molecule has 3 aromatic rings. The second kappa shape index (κ2) is 5.24. The minimum Gasteiger partial charge on any atom is -0.330 e. The molecule has 0 aliphatic rings. The van der Waals surface area contributed by atoms with E-state index in [1.807, 2.05) is 19.1 Å². The molecule has 2 aromatic carbocycles. The maximum absolute atomic E-state index is 14.1. The van der Waals surface area contributed by atoms with Gasteiger partial charge in [-0.05, 0) is 49.0 Å². The lowest BCUT2D eigenvalue weighted by molar-refractivity contribution is 0.508. The molecule has 2 nitrogen and oxygen atoms in total. The van der Waals surface area contributed by atoms with E-state index in [2.05, 4.69) is 4.98 Å². The summed E-state index contributed by atoms with van der Waals surface area (Å²) in [5.74, 6) is -1.80. The summed E-state index contributed by atoms with van der Waals surface area (Å²) in [6.45, 7) is 1.87. The molecule has 0 radical (unpaired) electrons. The molecule has 0 spiro atoms. The second-order valence-electron chi connectivity index (χ2n) is 4.79. The lowest BCUT2D eigenvalue weighted by Gasteiger charge is -2.15. The molecule has 0 saturated heterocycles. The van der Waals surface area contributed by atoms with Crippen LogP contribution in [-0.2, 0) is 0 Å². The number of H-pyrrole nitrogens is 1. The van der Waals surface area contributed by atoms with Crippen molar-refractivity contribution in [2.45, 2.75) is 13.0 Å². The quantitative estimate of drug-likeness (QED) is 0.639. The number of hydrogen-bond acceptors (Lipinski definition) is 1. The summed E-state index contributed by atoms with van der Waals surface area (Å²) in [4.78, 5) is 2.90. The van der Waals surface area contributed by atoms with Gasteiger partial charge in [-0.15, -0.1) is 0 Å². The minimum absolute atomic E-state index is 0.141. The highest BCUT2D eigenvalue weighted by Crippen LogP contribution is 2.28. The Morgan fingerprint density at radius 3 is 2.48 bits per heavy atom. The van der Waals surface area contributed by atoms with Gasteiger partial charge in [0, 0.05) is 5.02 Å². The monoisotopic (exact) mass is 324 g/mol. The van der Waals surface area contributed by atoms with E-state index < -0.39 is 11.6 Å². The van der Waals surface area contributed by atoms with Crippen molar-refractivity contribution in [3.63, 3.8) is 0 Å². The molecule has 1 unspecified atom stereocenters. The van der Waals surface area contributed by atoms with Crippen LogP contribution in [0.15, 0.2) is 36.4 Å². The number of imidazole rings is 1. The Labute approximate surface area is 130 Å². The zero-order valence-corrected chi connectivity index (χ0v) is 12.6. The molecule has 6 heteroatoms. The van der Waals surface area contributed by atoms with Gasteiger partial charge in [-0.3, -0.25) is 0 Å². The van der Waals surface area contributed by atoms with Crippen molar-refractivity contribution in [3.05, 3.63) is 63.4 Å². The average molecular weight is 325 g/mol. The summed E-state index contributed by atoms with van der Waals surface area (Å²) in [5, 5.41) is 0.616. The van der Waals surface area contributed by atoms with Gasteiger partial charge in [0.1, 0.15) is 5.52 Å². The lowest BCUT2D eigenvalue weighted by Crippen LogP contribution is -2.08. The van der Waals surface area contributed by atoms with Crippen LogP contribution >= 0.6 is 23.8 Å². The van der Waals surface area contributed by atoms with Crippen LogP contribution in [0.5, 0.6) is 0 Å². The van der Waals surface area contributed by atoms with Crippen molar-refractivity contribution in [1.29, 1.82) is 0 Å². The first kappa shape index (κ1) is 14.2. The van der Waals surface area contributed by atoms with Crippen LogP contribution in [-0.4, -0.2) is 9.55 Å². The predicted octanol–water partition coefficient (Wildman–Crippen LogP) is 5.24. The second-order valence-corrected chi connectivity index (χ2v) is 5.61. The van der Waals surface area contributed by atoms with Crippen molar-refractivity contribution in [1.82, 2.24) is 9.55 Å². The van der Waals surface area contributed by atoms with Gasteiger partial charge in [0.2, 0.25) is 0 Å². The number of rotatable bonds is 2. The van der Waals surface area contributed by atoms with Crippen LogP contribution in [0.2, 0.25) is 5.02 Å². The Kier molecular flexibility index (Phi) is 3.55. The van der Waals surface area contributed by atoms with E-state index in [-0.39, 0.29) is 11.6 Å². The van der Waals surface area contributed by atoms with Crippen molar-refractivity contribution in [2.75, 3.05) is 0 Å². The number of benzene rings is 2. The van der Waals surface area contributed by atoms with E-state index in [4.69, 9.17) is 23.8 Å². The van der Waals surface area contributed by atoms with E-state index in [1.165, 1.54) is 6.07 Å². The largest absolute Gasteiger partial charge is 0.330 e. The maximum Gasteiger partial charge on any atom is 0.184 e. The van der Waals surface area contributed by atoms with E-state index in [9.17, 15) is 8.78 Å². The summed E-state index contributed by atoms with van der Waals surface area (Å²) in [7, 11) is 0. The van der Waals surface area contributed by atoms with Crippen LogP contribution in [0.3, 0.4) is 0 Å². The van der Waals surface area contributed by atoms with Crippen molar-refractivity contribution in [2.24, 2.45) is 0 Å². The Hall–Kier alpha value is -1.72. The van der Waals surface area contributed by atoms with Crippen molar-refractivity contribution >= 4 is 34.9 Å². The first-order valence-electron chi connectivity index (χ1n) is 6.32. The van der Waals surface area contributed by atoms with Crippen LogP contribution in [0.1, 0.15) is 18.5 Å². The molecule has 0 fully saturated rings. The Morgan fingerprint density at radius 2 is 1.81 bits per heavy atom. The SMILES string of the molecule is CC(c1ccc(Cl)cc1)n1c(=S)[nH]c2ccc(F)c(F)c21. The van der Waals surface area contributed by atoms with Gasteiger partial charge in [-0.1, -0.05) is 23.7 Å². The fourth-order valence-corrected chi connectivity index (χ4v) is 2.90. The van der Waals surface area contributed by atoms with Gasteiger partial charge in [0.05, 0.1) is 11.6 Å². The molecule has 21 heavy (non-hydrogen) atoms. The highest BCUT2D eigenvalue weighted by atomic mass is 35.5. The topological polar surface area (TPSA) is 20.7 Å². The van der Waals surface area contributed by atoms with E-state index in [1.54, 1.807) is 16.7 Å². The molecule has 1 aromatic heterocycles. The van der Waals surface area contributed by atoms with Gasteiger partial charge in [-0.2, -0.15) is 0 Å². The molecular formula is C15H11ClF2N2S. The van der Waals surface area contributed by atoms with E-state index in [0.717, 1.165) is 11.6 Å². The number of aromatic nitrogens is 2. The summed E-state index contributed by atoms with van der Waals surface area (Å²) in [6, 6.07) is 9.50. The molecule has 3 rings (SSSR count). The highest BCUT2D eigenvalue weighted by molar-refractivity contribution is 7.71. The number of aromatic amines is 1. The summed E-state index contributed by atoms with van der Waals surface area (Å²) in [5.41, 5.74) is 1.52. The molecular weight excluding hydrogens is 314 g/mol. The van der Waals surface area contributed by atoms with Crippen molar-refractivity contribution < 1.29 is 8.78 Å². The molecule has 1 N–H and O–H groups in total. The third-order valence-electron chi connectivity index (χ3n) is 3.51. The molecule has 0 aliphatic carbocycles. The van der Waals surface area contributed by atoms with Gasteiger partial charge in [0.25, 0.3) is 0 Å². The predicted molar refractivity (Wildman–Crippen MR) is 82.3 cm³/mol. The van der Waals surface area contributed by atoms with Crippen molar-refractivity contribution in [3.8, 4) is 0 Å². The van der Waals surface area contributed by atoms with Gasteiger partial charge in [-0.25, -0.2) is 8.78 Å². The lowest BCUT2D eigenvalue weighted by atomic mass is 10.1. The molecule has 108 valence electrons. The Balaban J connectivity index is 2.24. The molecule has 0 bridgehead atoms. The van der Waals surface area contributed by atoms with E-state index >= 15 is 0 Å². The highest BCUT2D eigenvalue weighted by Gasteiger charge is 2.18. The van der Waals surface area contributed by atoms with Crippen LogP contribution in [0.25, 0.3) is 11.0 Å². The molecule has 0 aliphatic heterocycles. The fraction of sp³-hybridized carbons (Fsp3) is 0.133. The molecule has 0 amide bonds. The Morgan fingerprint density at radius 1 is 1.14 bits per heavy atom. The first-order valence-corrected chi connectivity index (χ1v) is 7.11. The maximum atomic E-state index is 14.1. The third kappa shape index (κ3) is 2.36. The third-order valence-corrected chi connectivity index (χ3v) is 4.06. The van der Waals surface area contributed by atoms with Crippen LogP contribution < -0.4 is 0 Å². The zero-order chi connectivity index (χ0) is 15.1. The summed E-state index contributed by atoms with van der Waals surface area (Å²) < 4.78 is 29.6. The minimum atomic E-state index is -0.902. The molecule has 1 atom stereocenters. The van der Waals surface area contributed by atoms with Crippen LogP contribution in [0, 0.1) is 16.4 Å². The normalized spacial score (nSPS) is 12.8. The van der Waals surface area contributed by atoms with E-state index in [0.29, 0.717) is 15.3 Å². The Bertz CT molecular complexity index is 868. The molecule has 1 heterocycles. The summed E-state index contributed by atoms with van der Waals surface area (Å²) >= 11 is 11.1. The molecule has 0 saturated carbocycles. The number of fused-ring (bicyclic) bond motifs is 1. The van der Waals surface area contributed by atoms with Gasteiger partial charge >= 0.3 is 0 Å². The van der Waals surface area contributed by atoms with Gasteiger partial charge < -0.3 is 9.55 Å². The number of nitrogens with one attached hydrogen (secondary N) is 1. The zero-order valence-electron chi connectivity index (χ0n) is 11.0. The number of halogens is 3. The van der Waals surface area contributed by atoms with Crippen LogP contribution in [0.4, 0.5) is 8.78 Å². The smallest absolute Gasteiger partial charge is 0.184 e. The fourth-order valence-electron chi connectivity index (χ4n) is 2.41. The first-order chi connectivity index (χ1) is 9.99. The van der Waals surface area contributed by atoms with Gasteiger partial charge in [0.15, 0.2) is 16.4 Å². The average Bonchev–Trinajstić information content (AvgIpc) is 2.80. The number of nitrogens with zero attached hydrogens (tertiary/aromatic N) is 1. The summed E-state index contributed by atoms with van der Waals surface area (Å²) in [6.07, 6.45) is 0. The standard InChI is InChI=1S/C15H11ClF2N2S/c1-8(9-2-4-10(16)5-3-9)20-14-12(19-15(20)21)7-6-11(17)13(14)18/h2-8H,1H3,(H,19,21).